The minimum Gasteiger partial charge on any atom is -0.423 e. The Balaban J connectivity index is 1.39. The molecule has 1 aliphatic carbocycles. The number of pyridine rings is 2. The molecule has 0 unspecified atom stereocenters. The number of halogens is 4. The Bertz CT molecular complexity index is 2010. The number of hydrogen-bond acceptors (Lipinski definition) is 6. The molecule has 5 aromatic rings. The summed E-state index contributed by atoms with van der Waals surface area (Å²) >= 11 is 5.92. The van der Waals surface area contributed by atoms with E-state index in [1.807, 2.05) is 11.5 Å². The highest BCUT2D eigenvalue weighted by molar-refractivity contribution is 6.30. The summed E-state index contributed by atoms with van der Waals surface area (Å²) in [5.41, 5.74) is 9.21. The average molecular weight is 647 g/mol. The second-order valence-corrected chi connectivity index (χ2v) is 12.0. The van der Waals surface area contributed by atoms with Gasteiger partial charge < -0.3 is 15.0 Å². The van der Waals surface area contributed by atoms with Crippen molar-refractivity contribution in [3.63, 3.8) is 0 Å². The summed E-state index contributed by atoms with van der Waals surface area (Å²) in [6, 6.07) is 13.3. The van der Waals surface area contributed by atoms with Crippen molar-refractivity contribution in [2.75, 3.05) is 4.90 Å². The largest absolute Gasteiger partial charge is 0.482 e. The highest BCUT2D eigenvalue weighted by Gasteiger charge is 2.50. The Morgan fingerprint density at radius 3 is 2.57 bits per heavy atom. The fraction of sp³-hybridized carbons (Fsp3) is 0.242. The van der Waals surface area contributed by atoms with Gasteiger partial charge >= 0.3 is 12.0 Å². The molecular weight excluding hydrogens is 621 g/mol. The van der Waals surface area contributed by atoms with Crippen LogP contribution in [0.25, 0.3) is 22.3 Å². The molecule has 0 saturated heterocycles. The van der Waals surface area contributed by atoms with Crippen LogP contribution < -0.4 is 15.4 Å². The van der Waals surface area contributed by atoms with Gasteiger partial charge in [-0.2, -0.15) is 8.78 Å². The van der Waals surface area contributed by atoms with Gasteiger partial charge in [0.2, 0.25) is 0 Å². The second kappa shape index (κ2) is 11.1. The van der Waals surface area contributed by atoms with Crippen molar-refractivity contribution < 1.29 is 27.5 Å². The van der Waals surface area contributed by atoms with E-state index in [2.05, 4.69) is 9.97 Å². The summed E-state index contributed by atoms with van der Waals surface area (Å²) in [6.07, 6.45) is 1.22. The first-order valence-electron chi connectivity index (χ1n) is 14.6. The molecule has 2 amide bonds. The summed E-state index contributed by atoms with van der Waals surface area (Å²) in [5.74, 6) is -2.60. The van der Waals surface area contributed by atoms with Crippen LogP contribution in [0.15, 0.2) is 67.1 Å². The molecule has 234 valence electrons. The maximum atomic E-state index is 15.0. The van der Waals surface area contributed by atoms with Crippen LogP contribution in [0.1, 0.15) is 53.1 Å². The number of imidazole rings is 1. The lowest BCUT2D eigenvalue weighted by molar-refractivity contribution is -0.193. The molecule has 9 nitrogen and oxygen atoms in total. The number of aromatic nitrogens is 4. The Morgan fingerprint density at radius 1 is 1.13 bits per heavy atom. The summed E-state index contributed by atoms with van der Waals surface area (Å²) < 4.78 is 50.4. The number of benzene rings is 2. The van der Waals surface area contributed by atoms with Crippen LogP contribution >= 0.6 is 11.6 Å². The molecule has 2 aliphatic rings. The zero-order valence-electron chi connectivity index (χ0n) is 24.4. The van der Waals surface area contributed by atoms with Crippen LogP contribution in [0.3, 0.4) is 0 Å². The highest BCUT2D eigenvalue weighted by atomic mass is 35.5. The van der Waals surface area contributed by atoms with E-state index in [-0.39, 0.29) is 35.4 Å². The van der Waals surface area contributed by atoms with Crippen molar-refractivity contribution in [3.05, 3.63) is 100 Å². The smallest absolute Gasteiger partial charge is 0.423 e. The summed E-state index contributed by atoms with van der Waals surface area (Å²) in [4.78, 5) is 40.4. The molecule has 1 saturated carbocycles. The highest BCUT2D eigenvalue weighted by Crippen LogP contribution is 2.45. The van der Waals surface area contributed by atoms with Crippen molar-refractivity contribution in [1.82, 2.24) is 19.5 Å². The van der Waals surface area contributed by atoms with E-state index in [1.165, 1.54) is 36.5 Å². The fourth-order valence-electron chi connectivity index (χ4n) is 5.80. The molecule has 1 fully saturated rings. The van der Waals surface area contributed by atoms with E-state index in [1.54, 1.807) is 30.6 Å². The first kappa shape index (κ1) is 29.7. The average Bonchev–Trinajstić information content (AvgIpc) is 3.74. The molecule has 0 radical (unpaired) electrons. The van der Waals surface area contributed by atoms with E-state index >= 15 is 8.78 Å². The Morgan fingerprint density at radius 2 is 1.89 bits per heavy atom. The Kier molecular flexibility index (Phi) is 7.19. The number of alkyl halides is 2. The summed E-state index contributed by atoms with van der Waals surface area (Å²) in [7, 11) is 0. The minimum absolute atomic E-state index is 0.0935. The number of fused-ring (bicyclic) bond motifs is 2. The standard InChI is InChI=1S/C33H26ClF3N6O3/c1-17(19-4-8-22(35)9-5-19)43-16-40-29-27(28(30(38)44)24(41-31(29)43)12-18-2-3-18)20-6-11-25-26(13-20)46-33(36,37)32(45)42(25)15-23-10-7-21(34)14-39-23/h4-11,13-14,16-18H,2-3,12,15H2,1H3,(H2,38,44)/t17-/m1/s1. The van der Waals surface area contributed by atoms with Crippen molar-refractivity contribution in [2.45, 2.75) is 44.9 Å². The Labute approximate surface area is 265 Å². The van der Waals surface area contributed by atoms with Gasteiger partial charge in [-0.05, 0) is 79.6 Å². The lowest BCUT2D eigenvalue weighted by atomic mass is 9.94. The van der Waals surface area contributed by atoms with Gasteiger partial charge in [0.15, 0.2) is 11.4 Å². The number of anilines is 1. The van der Waals surface area contributed by atoms with Crippen LogP contribution in [-0.2, 0) is 17.8 Å². The van der Waals surface area contributed by atoms with Gasteiger partial charge in [-0.1, -0.05) is 29.8 Å². The molecule has 7 rings (SSSR count). The SMILES string of the molecule is C[C@H](c1ccc(F)cc1)n1cnc2c(-c3ccc4c(c3)OC(F)(F)C(=O)N4Cc3ccc(Cl)cn3)c(C(N)=O)c(CC3CC3)nc21. The van der Waals surface area contributed by atoms with Crippen LogP contribution in [0, 0.1) is 11.7 Å². The van der Waals surface area contributed by atoms with E-state index in [9.17, 15) is 14.0 Å². The van der Waals surface area contributed by atoms with Gasteiger partial charge in [-0.25, -0.2) is 14.4 Å². The van der Waals surface area contributed by atoms with E-state index in [0.717, 1.165) is 23.3 Å². The van der Waals surface area contributed by atoms with Crippen molar-refractivity contribution in [1.29, 1.82) is 0 Å². The van der Waals surface area contributed by atoms with Crippen molar-refractivity contribution in [2.24, 2.45) is 11.7 Å². The molecule has 0 spiro atoms. The van der Waals surface area contributed by atoms with Gasteiger partial charge in [0.1, 0.15) is 11.3 Å². The van der Waals surface area contributed by atoms with Crippen molar-refractivity contribution >= 4 is 40.3 Å². The second-order valence-electron chi connectivity index (χ2n) is 11.5. The predicted octanol–water partition coefficient (Wildman–Crippen LogP) is 6.46. The van der Waals surface area contributed by atoms with Crippen molar-refractivity contribution in [3.8, 4) is 16.9 Å². The van der Waals surface area contributed by atoms with Gasteiger partial charge in [0.05, 0.1) is 46.6 Å². The number of ether oxygens (including phenoxy) is 1. The van der Waals surface area contributed by atoms with Crippen LogP contribution in [0.2, 0.25) is 5.02 Å². The molecule has 1 aliphatic heterocycles. The molecule has 3 aromatic heterocycles. The zero-order chi connectivity index (χ0) is 32.3. The fourth-order valence-corrected chi connectivity index (χ4v) is 5.92. The molecule has 46 heavy (non-hydrogen) atoms. The number of carbonyl (C=O) groups is 2. The number of primary amides is 1. The monoisotopic (exact) mass is 646 g/mol. The third-order valence-corrected chi connectivity index (χ3v) is 8.58. The zero-order valence-corrected chi connectivity index (χ0v) is 25.1. The first-order chi connectivity index (χ1) is 22.0. The molecule has 4 heterocycles. The molecule has 0 bridgehead atoms. The number of carbonyl (C=O) groups excluding carboxylic acids is 2. The third-order valence-electron chi connectivity index (χ3n) is 8.36. The minimum atomic E-state index is -4.17. The first-order valence-corrected chi connectivity index (χ1v) is 15.0. The summed E-state index contributed by atoms with van der Waals surface area (Å²) in [6.45, 7) is 1.65. The van der Waals surface area contributed by atoms with Crippen LogP contribution in [-0.4, -0.2) is 37.4 Å². The molecule has 2 N–H and O–H groups in total. The molecule has 1 atom stereocenters. The van der Waals surface area contributed by atoms with E-state index in [4.69, 9.17) is 27.1 Å². The normalized spacial score (nSPS) is 16.3. The summed E-state index contributed by atoms with van der Waals surface area (Å²) in [5, 5.41) is 0.358. The lowest BCUT2D eigenvalue weighted by Crippen LogP contribution is -2.50. The number of nitrogens with zero attached hydrogens (tertiary/aromatic N) is 5. The molecule has 13 heteroatoms. The number of hydrogen-bond donors (Lipinski definition) is 1. The number of rotatable bonds is 8. The number of amides is 2. The van der Waals surface area contributed by atoms with Crippen LogP contribution in [0.4, 0.5) is 18.9 Å². The van der Waals surface area contributed by atoms with E-state index < -0.39 is 17.9 Å². The molecule has 2 aromatic carbocycles. The van der Waals surface area contributed by atoms with Gasteiger partial charge in [0, 0.05) is 11.8 Å². The van der Waals surface area contributed by atoms with Gasteiger partial charge in [-0.15, -0.1) is 0 Å². The predicted molar refractivity (Wildman–Crippen MR) is 164 cm³/mol. The quantitative estimate of drug-likeness (QED) is 0.207. The topological polar surface area (TPSA) is 116 Å². The third kappa shape index (κ3) is 5.32. The van der Waals surface area contributed by atoms with Gasteiger partial charge in [0.25, 0.3) is 5.91 Å². The van der Waals surface area contributed by atoms with E-state index in [0.29, 0.717) is 51.0 Å². The van der Waals surface area contributed by atoms with Crippen LogP contribution in [0.5, 0.6) is 5.75 Å². The van der Waals surface area contributed by atoms with Gasteiger partial charge in [-0.3, -0.25) is 19.5 Å². The Hall–Kier alpha value is -4.97. The number of nitrogens with two attached hydrogens (primary N) is 1. The maximum Gasteiger partial charge on any atom is 0.482 e. The molecular formula is C33H26ClF3N6O3. The maximum absolute atomic E-state index is 15.0. The lowest BCUT2D eigenvalue weighted by Gasteiger charge is -2.33.